The van der Waals surface area contributed by atoms with Crippen LogP contribution in [0, 0.1) is 12.7 Å². The number of aryl methyl sites for hydroxylation is 1. The molecule has 1 heterocycles. The van der Waals surface area contributed by atoms with Crippen molar-refractivity contribution in [3.63, 3.8) is 0 Å². The average Bonchev–Trinajstić information content (AvgIpc) is 2.81. The van der Waals surface area contributed by atoms with E-state index in [9.17, 15) is 4.39 Å². The Hall–Kier alpha value is -1.66. The highest BCUT2D eigenvalue weighted by Crippen LogP contribution is 2.10. The third-order valence-corrected chi connectivity index (χ3v) is 4.83. The minimum Gasteiger partial charge on any atom is -0.357 e. The number of aliphatic imine (C=N–C) groups is 1. The van der Waals surface area contributed by atoms with E-state index in [1.807, 2.05) is 13.0 Å². The summed E-state index contributed by atoms with van der Waals surface area (Å²) in [5, 5.41) is 6.69. The molecule has 0 unspecified atom stereocenters. The van der Waals surface area contributed by atoms with Gasteiger partial charge in [-0.15, -0.1) is 0 Å². The van der Waals surface area contributed by atoms with E-state index in [0.29, 0.717) is 0 Å². The summed E-state index contributed by atoms with van der Waals surface area (Å²) in [7, 11) is 2.19. The van der Waals surface area contributed by atoms with Crippen LogP contribution in [0.3, 0.4) is 0 Å². The monoisotopic (exact) mass is 363 g/mol. The predicted molar refractivity (Wildman–Crippen MR) is 107 cm³/mol. The number of likely N-dealkylation sites (N-methyl/N-ethyl adjacent to an activating group) is 1. The SMILES string of the molecule is CCNC(=NCCN1CCCN(C)CC1)NCCc1ccc(F)cc1C. The van der Waals surface area contributed by atoms with Gasteiger partial charge in [-0.1, -0.05) is 6.07 Å². The molecule has 1 saturated heterocycles. The Bertz CT molecular complexity index is 575. The van der Waals surface area contributed by atoms with Crippen molar-refractivity contribution in [2.45, 2.75) is 26.7 Å². The molecule has 2 N–H and O–H groups in total. The van der Waals surface area contributed by atoms with Gasteiger partial charge in [-0.25, -0.2) is 4.39 Å². The molecule has 0 aliphatic carbocycles. The molecule has 0 aromatic heterocycles. The first kappa shape index (κ1) is 20.6. The summed E-state index contributed by atoms with van der Waals surface area (Å²) in [4.78, 5) is 9.60. The second-order valence-electron chi connectivity index (χ2n) is 7.01. The number of guanidine groups is 1. The maximum Gasteiger partial charge on any atom is 0.191 e. The van der Waals surface area contributed by atoms with Crippen molar-refractivity contribution in [3.05, 3.63) is 35.1 Å². The van der Waals surface area contributed by atoms with E-state index < -0.39 is 0 Å². The van der Waals surface area contributed by atoms with Crippen LogP contribution in [-0.2, 0) is 6.42 Å². The zero-order valence-electron chi connectivity index (χ0n) is 16.5. The predicted octanol–water partition coefficient (Wildman–Crippen LogP) is 1.87. The van der Waals surface area contributed by atoms with Gasteiger partial charge in [-0.2, -0.15) is 0 Å². The van der Waals surface area contributed by atoms with Gasteiger partial charge < -0.3 is 20.4 Å². The topological polar surface area (TPSA) is 42.9 Å². The van der Waals surface area contributed by atoms with E-state index >= 15 is 0 Å². The zero-order valence-corrected chi connectivity index (χ0v) is 16.5. The zero-order chi connectivity index (χ0) is 18.8. The fourth-order valence-corrected chi connectivity index (χ4v) is 3.22. The molecule has 0 spiro atoms. The lowest BCUT2D eigenvalue weighted by Crippen LogP contribution is -2.39. The molecule has 0 atom stereocenters. The number of nitrogens with one attached hydrogen (secondary N) is 2. The number of rotatable bonds is 7. The quantitative estimate of drug-likeness (QED) is 0.573. The molecule has 0 radical (unpaired) electrons. The molecule has 1 aromatic rings. The van der Waals surface area contributed by atoms with Gasteiger partial charge in [0, 0.05) is 32.7 Å². The Kier molecular flexibility index (Phi) is 8.85. The molecule has 1 fully saturated rings. The van der Waals surface area contributed by atoms with Crippen LogP contribution in [0.15, 0.2) is 23.2 Å². The number of benzene rings is 1. The second-order valence-corrected chi connectivity index (χ2v) is 7.01. The Morgan fingerprint density at radius 3 is 2.81 bits per heavy atom. The summed E-state index contributed by atoms with van der Waals surface area (Å²) < 4.78 is 13.2. The van der Waals surface area contributed by atoms with Crippen LogP contribution in [0.1, 0.15) is 24.5 Å². The van der Waals surface area contributed by atoms with Crippen molar-refractivity contribution in [3.8, 4) is 0 Å². The molecule has 6 heteroatoms. The minimum atomic E-state index is -0.172. The maximum atomic E-state index is 13.2. The van der Waals surface area contributed by atoms with Crippen molar-refractivity contribution in [2.24, 2.45) is 4.99 Å². The molecule has 1 aliphatic rings. The lowest BCUT2D eigenvalue weighted by molar-refractivity contribution is 0.283. The number of halogens is 1. The lowest BCUT2D eigenvalue weighted by atomic mass is 10.1. The highest BCUT2D eigenvalue weighted by molar-refractivity contribution is 5.79. The summed E-state index contributed by atoms with van der Waals surface area (Å²) in [5.74, 6) is 0.688. The molecule has 0 bridgehead atoms. The van der Waals surface area contributed by atoms with Gasteiger partial charge >= 0.3 is 0 Å². The van der Waals surface area contributed by atoms with Gasteiger partial charge in [0.1, 0.15) is 5.82 Å². The Morgan fingerprint density at radius 2 is 2.04 bits per heavy atom. The normalized spacial score (nSPS) is 17.2. The first-order valence-corrected chi connectivity index (χ1v) is 9.76. The molecule has 0 amide bonds. The van der Waals surface area contributed by atoms with Gasteiger partial charge in [0.2, 0.25) is 0 Å². The molecular weight excluding hydrogens is 329 g/mol. The highest BCUT2D eigenvalue weighted by Gasteiger charge is 2.11. The summed E-state index contributed by atoms with van der Waals surface area (Å²) in [5.41, 5.74) is 2.17. The fourth-order valence-electron chi connectivity index (χ4n) is 3.22. The van der Waals surface area contributed by atoms with Crippen molar-refractivity contribution in [2.75, 3.05) is 59.4 Å². The summed E-state index contributed by atoms with van der Waals surface area (Å²) in [6.45, 7) is 12.1. The fraction of sp³-hybridized carbons (Fsp3) is 0.650. The molecule has 5 nitrogen and oxygen atoms in total. The van der Waals surface area contributed by atoms with Crippen molar-refractivity contribution in [1.82, 2.24) is 20.4 Å². The summed E-state index contributed by atoms with van der Waals surface area (Å²) in [6, 6.07) is 4.99. The largest absolute Gasteiger partial charge is 0.357 e. The van der Waals surface area contributed by atoms with Gasteiger partial charge in [0.25, 0.3) is 0 Å². The standard InChI is InChI=1S/C20H34FN5/c1-4-22-20(23-9-8-18-6-7-19(21)16-17(18)2)24-10-13-26-12-5-11-25(3)14-15-26/h6-7,16H,4-5,8-15H2,1-3H3,(H2,22,23,24). The molecule has 1 aromatic carbocycles. The van der Waals surface area contributed by atoms with E-state index in [2.05, 4.69) is 34.4 Å². The Labute approximate surface area is 157 Å². The summed E-state index contributed by atoms with van der Waals surface area (Å²) in [6.07, 6.45) is 2.09. The smallest absolute Gasteiger partial charge is 0.191 e. The van der Waals surface area contributed by atoms with Crippen LogP contribution in [0.4, 0.5) is 4.39 Å². The van der Waals surface area contributed by atoms with Crippen LogP contribution in [0.2, 0.25) is 0 Å². The third kappa shape index (κ3) is 7.30. The molecule has 1 aliphatic heterocycles. The van der Waals surface area contributed by atoms with Crippen LogP contribution in [0.25, 0.3) is 0 Å². The van der Waals surface area contributed by atoms with Crippen molar-refractivity contribution in [1.29, 1.82) is 0 Å². The molecule has 26 heavy (non-hydrogen) atoms. The Balaban J connectivity index is 1.76. The maximum absolute atomic E-state index is 13.2. The van der Waals surface area contributed by atoms with Crippen molar-refractivity contribution < 1.29 is 4.39 Å². The van der Waals surface area contributed by atoms with E-state index in [1.54, 1.807) is 6.07 Å². The van der Waals surface area contributed by atoms with Gasteiger partial charge in [-0.05, 0) is 70.1 Å². The molecular formula is C20H34FN5. The van der Waals surface area contributed by atoms with E-state index in [4.69, 9.17) is 4.99 Å². The van der Waals surface area contributed by atoms with E-state index in [0.717, 1.165) is 63.8 Å². The second kappa shape index (κ2) is 11.1. The first-order valence-electron chi connectivity index (χ1n) is 9.76. The van der Waals surface area contributed by atoms with Crippen LogP contribution in [0.5, 0.6) is 0 Å². The third-order valence-electron chi connectivity index (χ3n) is 4.83. The molecule has 0 saturated carbocycles. The van der Waals surface area contributed by atoms with Crippen LogP contribution in [-0.4, -0.2) is 75.2 Å². The van der Waals surface area contributed by atoms with E-state index in [1.165, 1.54) is 24.6 Å². The summed E-state index contributed by atoms with van der Waals surface area (Å²) >= 11 is 0. The molecule has 2 rings (SSSR count). The van der Waals surface area contributed by atoms with E-state index in [-0.39, 0.29) is 5.82 Å². The highest BCUT2D eigenvalue weighted by atomic mass is 19.1. The average molecular weight is 364 g/mol. The first-order chi connectivity index (χ1) is 12.6. The van der Waals surface area contributed by atoms with Gasteiger partial charge in [0.05, 0.1) is 6.54 Å². The van der Waals surface area contributed by atoms with Gasteiger partial charge in [0.15, 0.2) is 5.96 Å². The number of hydrogen-bond donors (Lipinski definition) is 2. The van der Waals surface area contributed by atoms with Crippen LogP contribution < -0.4 is 10.6 Å². The van der Waals surface area contributed by atoms with Crippen molar-refractivity contribution >= 4 is 5.96 Å². The Morgan fingerprint density at radius 1 is 1.19 bits per heavy atom. The minimum absolute atomic E-state index is 0.172. The number of hydrogen-bond acceptors (Lipinski definition) is 3. The number of nitrogens with zero attached hydrogens (tertiary/aromatic N) is 3. The van der Waals surface area contributed by atoms with Crippen LogP contribution >= 0.6 is 0 Å². The van der Waals surface area contributed by atoms with Gasteiger partial charge in [-0.3, -0.25) is 4.99 Å². The lowest BCUT2D eigenvalue weighted by Gasteiger charge is -2.19. The molecule has 146 valence electrons.